The van der Waals surface area contributed by atoms with E-state index >= 15 is 0 Å². The van der Waals surface area contributed by atoms with Crippen LogP contribution in [-0.4, -0.2) is 5.91 Å². The molecule has 1 aromatic carbocycles. The summed E-state index contributed by atoms with van der Waals surface area (Å²) in [4.78, 5) is 12.3. The molecular weight excluding hydrogens is 302 g/mol. The van der Waals surface area contributed by atoms with Crippen molar-refractivity contribution in [3.05, 3.63) is 34.3 Å². The zero-order chi connectivity index (χ0) is 13.4. The van der Waals surface area contributed by atoms with Gasteiger partial charge in [-0.15, -0.1) is 0 Å². The Bertz CT molecular complexity index is 477. The number of hydrogen-bond acceptors (Lipinski definition) is 1. The zero-order valence-corrected chi connectivity index (χ0v) is 12.8. The fourth-order valence-electron chi connectivity index (χ4n) is 3.64. The van der Waals surface area contributed by atoms with E-state index in [0.717, 1.165) is 10.9 Å². The van der Waals surface area contributed by atoms with Gasteiger partial charge in [-0.2, -0.15) is 0 Å². The van der Waals surface area contributed by atoms with Crippen LogP contribution in [-0.2, 0) is 4.79 Å². The van der Waals surface area contributed by atoms with E-state index in [1.165, 1.54) is 24.8 Å². The normalized spacial score (nSPS) is 29.7. The molecule has 2 nitrogen and oxygen atoms in total. The van der Waals surface area contributed by atoms with Crippen molar-refractivity contribution in [2.24, 2.45) is 17.8 Å². The monoisotopic (exact) mass is 321 g/mol. The third-order valence-electron chi connectivity index (χ3n) is 4.71. The van der Waals surface area contributed by atoms with Gasteiger partial charge in [-0.05, 0) is 42.7 Å². The molecule has 2 fully saturated rings. The predicted molar refractivity (Wildman–Crippen MR) is 79.6 cm³/mol. The van der Waals surface area contributed by atoms with E-state index < -0.39 is 0 Å². The third kappa shape index (κ3) is 2.45. The SMILES string of the molecule is CC[C@H](NC(=O)C1[C@H]2CCC[C@H]12)c1ccccc1Br. The Morgan fingerprint density at radius 2 is 2.05 bits per heavy atom. The smallest absolute Gasteiger partial charge is 0.224 e. The zero-order valence-electron chi connectivity index (χ0n) is 11.2. The summed E-state index contributed by atoms with van der Waals surface area (Å²) in [5.74, 6) is 1.97. The highest BCUT2D eigenvalue weighted by molar-refractivity contribution is 9.10. The molecule has 102 valence electrons. The minimum absolute atomic E-state index is 0.129. The van der Waals surface area contributed by atoms with Crippen LogP contribution in [0.4, 0.5) is 0 Å². The summed E-state index contributed by atoms with van der Waals surface area (Å²) < 4.78 is 1.08. The minimum Gasteiger partial charge on any atom is -0.349 e. The van der Waals surface area contributed by atoms with Crippen LogP contribution in [0.1, 0.15) is 44.2 Å². The second-order valence-corrected chi connectivity index (χ2v) is 6.63. The summed E-state index contributed by atoms with van der Waals surface area (Å²) in [7, 11) is 0. The van der Waals surface area contributed by atoms with E-state index in [0.29, 0.717) is 17.8 Å². The topological polar surface area (TPSA) is 29.1 Å². The number of carbonyl (C=O) groups is 1. The third-order valence-corrected chi connectivity index (χ3v) is 5.44. The highest BCUT2D eigenvalue weighted by atomic mass is 79.9. The standard InChI is InChI=1S/C16H20BrNO/c1-2-14(12-6-3-4-9-13(12)17)18-16(19)15-10-7-5-8-11(10)15/h3-4,6,9-11,14-15H,2,5,7-8H2,1H3,(H,18,19)/t10-,11-,14-/m0/s1. The van der Waals surface area contributed by atoms with Gasteiger partial charge in [0.15, 0.2) is 0 Å². The summed E-state index contributed by atoms with van der Waals surface area (Å²) in [6.45, 7) is 2.12. The second-order valence-electron chi connectivity index (χ2n) is 5.78. The molecule has 0 aromatic heterocycles. The Kier molecular flexibility index (Phi) is 3.66. The van der Waals surface area contributed by atoms with Crippen molar-refractivity contribution in [1.29, 1.82) is 0 Å². The molecule has 0 heterocycles. The maximum absolute atomic E-state index is 12.3. The van der Waals surface area contributed by atoms with E-state index in [9.17, 15) is 4.79 Å². The van der Waals surface area contributed by atoms with Crippen molar-refractivity contribution in [3.63, 3.8) is 0 Å². The lowest BCUT2D eigenvalue weighted by Gasteiger charge is -2.19. The van der Waals surface area contributed by atoms with Crippen molar-refractivity contribution in [1.82, 2.24) is 5.32 Å². The maximum atomic E-state index is 12.3. The number of amides is 1. The van der Waals surface area contributed by atoms with E-state index in [1.807, 2.05) is 18.2 Å². The first-order chi connectivity index (χ1) is 9.22. The lowest BCUT2D eigenvalue weighted by Crippen LogP contribution is -2.30. The van der Waals surface area contributed by atoms with E-state index in [-0.39, 0.29) is 11.9 Å². The summed E-state index contributed by atoms with van der Waals surface area (Å²) in [6, 6.07) is 8.29. The average molecular weight is 322 g/mol. The quantitative estimate of drug-likeness (QED) is 0.890. The summed E-state index contributed by atoms with van der Waals surface area (Å²) in [5, 5.41) is 3.25. The maximum Gasteiger partial charge on any atom is 0.224 e. The van der Waals surface area contributed by atoms with E-state index in [2.05, 4.69) is 34.2 Å². The van der Waals surface area contributed by atoms with Gasteiger partial charge in [0, 0.05) is 10.4 Å². The number of rotatable bonds is 4. The van der Waals surface area contributed by atoms with Gasteiger partial charge in [0.25, 0.3) is 0 Å². The fraction of sp³-hybridized carbons (Fsp3) is 0.562. The molecule has 1 aromatic rings. The first-order valence-electron chi connectivity index (χ1n) is 7.27. The van der Waals surface area contributed by atoms with Gasteiger partial charge in [-0.3, -0.25) is 4.79 Å². The predicted octanol–water partition coefficient (Wildman–Crippen LogP) is 4.06. The van der Waals surface area contributed by atoms with Crippen LogP contribution in [0.2, 0.25) is 0 Å². The second kappa shape index (κ2) is 5.28. The number of fused-ring (bicyclic) bond motifs is 1. The summed E-state index contributed by atoms with van der Waals surface area (Å²) in [5.41, 5.74) is 1.18. The Balaban J connectivity index is 1.67. The first-order valence-corrected chi connectivity index (χ1v) is 8.06. The Morgan fingerprint density at radius 1 is 1.37 bits per heavy atom. The van der Waals surface area contributed by atoms with Crippen molar-refractivity contribution in [2.75, 3.05) is 0 Å². The molecule has 3 atom stereocenters. The molecule has 19 heavy (non-hydrogen) atoms. The van der Waals surface area contributed by atoms with Crippen molar-refractivity contribution < 1.29 is 4.79 Å². The number of carbonyl (C=O) groups excluding carboxylic acids is 1. The molecule has 0 saturated heterocycles. The number of hydrogen-bond donors (Lipinski definition) is 1. The van der Waals surface area contributed by atoms with Crippen LogP contribution in [0, 0.1) is 17.8 Å². The average Bonchev–Trinajstić information content (AvgIpc) is 2.90. The van der Waals surface area contributed by atoms with Crippen LogP contribution in [0.3, 0.4) is 0 Å². The molecule has 2 aliphatic carbocycles. The molecule has 2 aliphatic rings. The van der Waals surface area contributed by atoms with Crippen molar-refractivity contribution in [2.45, 2.75) is 38.6 Å². The van der Waals surface area contributed by atoms with Crippen LogP contribution in [0.5, 0.6) is 0 Å². The van der Waals surface area contributed by atoms with E-state index in [1.54, 1.807) is 0 Å². The molecule has 1 N–H and O–H groups in total. The molecule has 3 heteroatoms. The molecule has 1 amide bonds. The van der Waals surface area contributed by atoms with Gasteiger partial charge in [0.05, 0.1) is 6.04 Å². The van der Waals surface area contributed by atoms with Gasteiger partial charge >= 0.3 is 0 Å². The van der Waals surface area contributed by atoms with Gasteiger partial charge in [-0.1, -0.05) is 47.5 Å². The van der Waals surface area contributed by atoms with E-state index in [4.69, 9.17) is 0 Å². The Labute approximate surface area is 123 Å². The van der Waals surface area contributed by atoms with Gasteiger partial charge in [0.1, 0.15) is 0 Å². The molecule has 0 aliphatic heterocycles. The largest absolute Gasteiger partial charge is 0.349 e. The number of benzene rings is 1. The molecule has 2 saturated carbocycles. The molecule has 0 radical (unpaired) electrons. The van der Waals surface area contributed by atoms with Crippen LogP contribution >= 0.6 is 15.9 Å². The van der Waals surface area contributed by atoms with Crippen molar-refractivity contribution in [3.8, 4) is 0 Å². The molecule has 3 rings (SSSR count). The first kappa shape index (κ1) is 13.2. The van der Waals surface area contributed by atoms with Gasteiger partial charge in [-0.25, -0.2) is 0 Å². The highest BCUT2D eigenvalue weighted by Crippen LogP contribution is 2.57. The number of halogens is 1. The lowest BCUT2D eigenvalue weighted by atomic mass is 10.0. The summed E-state index contributed by atoms with van der Waals surface area (Å²) in [6.07, 6.45) is 4.76. The number of nitrogens with one attached hydrogen (secondary N) is 1. The van der Waals surface area contributed by atoms with Crippen LogP contribution in [0.15, 0.2) is 28.7 Å². The molecule has 0 bridgehead atoms. The fourth-order valence-corrected chi connectivity index (χ4v) is 4.20. The van der Waals surface area contributed by atoms with Crippen LogP contribution < -0.4 is 5.32 Å². The highest BCUT2D eigenvalue weighted by Gasteiger charge is 2.56. The van der Waals surface area contributed by atoms with Crippen LogP contribution in [0.25, 0.3) is 0 Å². The Morgan fingerprint density at radius 3 is 2.68 bits per heavy atom. The minimum atomic E-state index is 0.129. The Hall–Kier alpha value is -0.830. The van der Waals surface area contributed by atoms with Gasteiger partial charge < -0.3 is 5.32 Å². The summed E-state index contributed by atoms with van der Waals surface area (Å²) >= 11 is 3.58. The molecule has 0 spiro atoms. The van der Waals surface area contributed by atoms with Gasteiger partial charge in [0.2, 0.25) is 5.91 Å². The lowest BCUT2D eigenvalue weighted by molar-refractivity contribution is -0.123. The molecular formula is C16H20BrNO. The molecule has 0 unspecified atom stereocenters. The van der Waals surface area contributed by atoms with Crippen molar-refractivity contribution >= 4 is 21.8 Å².